The van der Waals surface area contributed by atoms with Crippen molar-refractivity contribution in [3.63, 3.8) is 0 Å². The summed E-state index contributed by atoms with van der Waals surface area (Å²) < 4.78 is 6.91. The van der Waals surface area contributed by atoms with E-state index in [-0.39, 0.29) is 6.04 Å². The van der Waals surface area contributed by atoms with Gasteiger partial charge in [-0.2, -0.15) is 0 Å². The number of hydrogen-bond donors (Lipinski definition) is 1. The summed E-state index contributed by atoms with van der Waals surface area (Å²) in [4.78, 5) is 0. The van der Waals surface area contributed by atoms with Crippen molar-refractivity contribution >= 4 is 50.1 Å². The van der Waals surface area contributed by atoms with Crippen LogP contribution in [0.1, 0.15) is 17.4 Å². The standard InChI is InChI=1S/C16H12BrCl2NO/c1-20-15(11-8-10(18)5-6-12(11)17)14-7-9-3-2-4-13(19)16(9)21-14/h2-8,15,20H,1H3. The summed E-state index contributed by atoms with van der Waals surface area (Å²) in [5.74, 6) is 0.795. The van der Waals surface area contributed by atoms with E-state index in [0.717, 1.165) is 21.2 Å². The molecule has 0 saturated heterocycles. The molecule has 0 saturated carbocycles. The zero-order chi connectivity index (χ0) is 15.0. The van der Waals surface area contributed by atoms with E-state index in [9.17, 15) is 0 Å². The van der Waals surface area contributed by atoms with Crippen LogP contribution in [0.4, 0.5) is 0 Å². The number of fused-ring (bicyclic) bond motifs is 1. The minimum atomic E-state index is -0.110. The van der Waals surface area contributed by atoms with E-state index in [1.807, 2.05) is 49.5 Å². The number of para-hydroxylation sites is 1. The van der Waals surface area contributed by atoms with Gasteiger partial charge in [-0.05, 0) is 42.9 Å². The van der Waals surface area contributed by atoms with Gasteiger partial charge < -0.3 is 9.73 Å². The molecule has 0 aliphatic rings. The largest absolute Gasteiger partial charge is 0.457 e. The van der Waals surface area contributed by atoms with Crippen molar-refractivity contribution in [2.45, 2.75) is 6.04 Å². The molecular formula is C16H12BrCl2NO. The summed E-state index contributed by atoms with van der Waals surface area (Å²) in [5, 5.41) is 5.53. The third-order valence-electron chi connectivity index (χ3n) is 3.36. The average Bonchev–Trinajstić information content (AvgIpc) is 2.89. The molecule has 0 bridgehead atoms. The Balaban J connectivity index is 2.13. The van der Waals surface area contributed by atoms with Crippen molar-refractivity contribution in [3.8, 4) is 0 Å². The summed E-state index contributed by atoms with van der Waals surface area (Å²) in [5.41, 5.74) is 1.72. The molecule has 0 aliphatic carbocycles. The van der Waals surface area contributed by atoms with Gasteiger partial charge in [0.25, 0.3) is 0 Å². The molecule has 108 valence electrons. The second-order valence-corrected chi connectivity index (χ2v) is 6.39. The predicted molar refractivity (Wildman–Crippen MR) is 91.3 cm³/mol. The molecule has 3 aromatic rings. The number of hydrogen-bond acceptors (Lipinski definition) is 2. The fourth-order valence-electron chi connectivity index (χ4n) is 2.38. The highest BCUT2D eigenvalue weighted by Crippen LogP contribution is 2.35. The first-order valence-electron chi connectivity index (χ1n) is 6.40. The smallest absolute Gasteiger partial charge is 0.152 e. The molecule has 5 heteroatoms. The maximum Gasteiger partial charge on any atom is 0.152 e. The fourth-order valence-corrected chi connectivity index (χ4v) is 3.25. The zero-order valence-corrected chi connectivity index (χ0v) is 14.3. The van der Waals surface area contributed by atoms with E-state index in [4.69, 9.17) is 27.6 Å². The topological polar surface area (TPSA) is 25.2 Å². The molecule has 2 aromatic carbocycles. The lowest BCUT2D eigenvalue weighted by molar-refractivity contribution is 0.491. The molecule has 21 heavy (non-hydrogen) atoms. The highest BCUT2D eigenvalue weighted by atomic mass is 79.9. The maximum atomic E-state index is 6.18. The van der Waals surface area contributed by atoms with E-state index < -0.39 is 0 Å². The molecule has 1 atom stereocenters. The molecular weight excluding hydrogens is 373 g/mol. The summed E-state index contributed by atoms with van der Waals surface area (Å²) >= 11 is 15.8. The lowest BCUT2D eigenvalue weighted by Crippen LogP contribution is -2.17. The van der Waals surface area contributed by atoms with Crippen LogP contribution in [0.3, 0.4) is 0 Å². The molecule has 0 amide bonds. The van der Waals surface area contributed by atoms with Crippen LogP contribution in [0, 0.1) is 0 Å². The third kappa shape index (κ3) is 2.84. The molecule has 0 aliphatic heterocycles. The van der Waals surface area contributed by atoms with Gasteiger partial charge in [0, 0.05) is 14.9 Å². The summed E-state index contributed by atoms with van der Waals surface area (Å²) in [6.07, 6.45) is 0. The van der Waals surface area contributed by atoms with E-state index in [0.29, 0.717) is 15.6 Å². The molecule has 0 radical (unpaired) electrons. The first kappa shape index (κ1) is 14.9. The Hall–Kier alpha value is -1.000. The number of halogens is 3. The average molecular weight is 385 g/mol. The molecule has 1 heterocycles. The van der Waals surface area contributed by atoms with Crippen molar-refractivity contribution in [2.24, 2.45) is 0 Å². The van der Waals surface area contributed by atoms with Crippen molar-refractivity contribution in [1.29, 1.82) is 0 Å². The Morgan fingerprint density at radius 2 is 1.95 bits per heavy atom. The van der Waals surface area contributed by atoms with Gasteiger partial charge in [-0.25, -0.2) is 0 Å². The number of benzene rings is 2. The lowest BCUT2D eigenvalue weighted by atomic mass is 10.0. The van der Waals surface area contributed by atoms with Gasteiger partial charge in [0.2, 0.25) is 0 Å². The predicted octanol–water partition coefficient (Wildman–Crippen LogP) is 5.81. The second-order valence-electron chi connectivity index (χ2n) is 4.69. The van der Waals surface area contributed by atoms with Gasteiger partial charge in [0.1, 0.15) is 5.76 Å². The van der Waals surface area contributed by atoms with Gasteiger partial charge in [0.05, 0.1) is 11.1 Å². The second kappa shape index (κ2) is 6.01. The Morgan fingerprint density at radius 1 is 1.14 bits per heavy atom. The molecule has 1 unspecified atom stereocenters. The van der Waals surface area contributed by atoms with Gasteiger partial charge in [-0.1, -0.05) is 51.3 Å². The normalized spacial score (nSPS) is 12.8. The van der Waals surface area contributed by atoms with Crippen LogP contribution >= 0.6 is 39.1 Å². The van der Waals surface area contributed by atoms with Gasteiger partial charge in [0.15, 0.2) is 5.58 Å². The molecule has 2 nitrogen and oxygen atoms in total. The highest BCUT2D eigenvalue weighted by molar-refractivity contribution is 9.10. The fraction of sp³-hybridized carbons (Fsp3) is 0.125. The number of furan rings is 1. The Bertz CT molecular complexity index is 800. The Kier molecular flexibility index (Phi) is 4.27. The molecule has 3 rings (SSSR count). The summed E-state index contributed by atoms with van der Waals surface area (Å²) in [6, 6.07) is 13.3. The van der Waals surface area contributed by atoms with Gasteiger partial charge >= 0.3 is 0 Å². The highest BCUT2D eigenvalue weighted by Gasteiger charge is 2.20. The van der Waals surface area contributed by atoms with Gasteiger partial charge in [-0.3, -0.25) is 0 Å². The van der Waals surface area contributed by atoms with Gasteiger partial charge in [-0.15, -0.1) is 0 Å². The van der Waals surface area contributed by atoms with Crippen LogP contribution in [0.5, 0.6) is 0 Å². The summed E-state index contributed by atoms with van der Waals surface area (Å²) in [6.45, 7) is 0. The van der Waals surface area contributed by atoms with Crippen LogP contribution in [0.15, 0.2) is 51.4 Å². The van der Waals surface area contributed by atoms with Crippen LogP contribution in [-0.2, 0) is 0 Å². The maximum absolute atomic E-state index is 6.18. The minimum Gasteiger partial charge on any atom is -0.457 e. The van der Waals surface area contributed by atoms with E-state index in [1.54, 1.807) is 0 Å². The van der Waals surface area contributed by atoms with Crippen molar-refractivity contribution in [1.82, 2.24) is 5.32 Å². The van der Waals surface area contributed by atoms with E-state index in [1.165, 1.54) is 0 Å². The van der Waals surface area contributed by atoms with Crippen LogP contribution in [0.25, 0.3) is 11.0 Å². The van der Waals surface area contributed by atoms with Crippen molar-refractivity contribution in [2.75, 3.05) is 7.05 Å². The molecule has 0 spiro atoms. The van der Waals surface area contributed by atoms with E-state index in [2.05, 4.69) is 21.2 Å². The van der Waals surface area contributed by atoms with Crippen LogP contribution < -0.4 is 5.32 Å². The minimum absolute atomic E-state index is 0.110. The Labute approximate surface area is 141 Å². The zero-order valence-electron chi connectivity index (χ0n) is 11.2. The molecule has 1 N–H and O–H groups in total. The first-order valence-corrected chi connectivity index (χ1v) is 7.95. The summed E-state index contributed by atoms with van der Waals surface area (Å²) in [7, 11) is 1.88. The quantitative estimate of drug-likeness (QED) is 0.616. The lowest BCUT2D eigenvalue weighted by Gasteiger charge is -2.16. The molecule has 1 aromatic heterocycles. The van der Waals surface area contributed by atoms with Crippen LogP contribution in [-0.4, -0.2) is 7.05 Å². The Morgan fingerprint density at radius 3 is 2.67 bits per heavy atom. The number of rotatable bonds is 3. The number of nitrogens with one attached hydrogen (secondary N) is 1. The monoisotopic (exact) mass is 383 g/mol. The van der Waals surface area contributed by atoms with Crippen LogP contribution in [0.2, 0.25) is 10.0 Å². The van der Waals surface area contributed by atoms with Crippen molar-refractivity contribution in [3.05, 3.63) is 68.3 Å². The third-order valence-corrected chi connectivity index (χ3v) is 4.61. The van der Waals surface area contributed by atoms with Crippen molar-refractivity contribution < 1.29 is 4.42 Å². The van der Waals surface area contributed by atoms with E-state index >= 15 is 0 Å². The first-order chi connectivity index (χ1) is 10.1. The molecule has 0 fully saturated rings. The SMILES string of the molecule is CNC(c1cc2cccc(Cl)c2o1)c1cc(Cl)ccc1Br.